The van der Waals surface area contributed by atoms with Crippen molar-refractivity contribution in [3.63, 3.8) is 0 Å². The summed E-state index contributed by atoms with van der Waals surface area (Å²) in [7, 11) is 0. The fraction of sp³-hybridized carbons (Fsp3) is 0.444. The molecule has 1 unspecified atom stereocenters. The minimum Gasteiger partial charge on any atom is -0.491 e. The summed E-state index contributed by atoms with van der Waals surface area (Å²) < 4.78 is 11.2. The lowest BCUT2D eigenvalue weighted by Crippen LogP contribution is -2.19. The number of esters is 1. The van der Waals surface area contributed by atoms with Crippen LogP contribution in [0.4, 0.5) is 5.13 Å². The second-order valence-corrected chi connectivity index (χ2v) is 8.21. The van der Waals surface area contributed by atoms with Crippen LogP contribution in [0.3, 0.4) is 0 Å². The molecule has 27 heavy (non-hydrogen) atoms. The lowest BCUT2D eigenvalue weighted by Gasteiger charge is -2.10. The molecule has 1 heterocycles. The highest BCUT2D eigenvalue weighted by Gasteiger charge is 2.21. The van der Waals surface area contributed by atoms with Crippen LogP contribution in [0.5, 0.6) is 5.75 Å². The number of anilines is 1. The predicted molar refractivity (Wildman–Crippen MR) is 107 cm³/mol. The van der Waals surface area contributed by atoms with Gasteiger partial charge in [0.05, 0.1) is 12.7 Å². The number of carbonyl (C=O) groups is 2. The van der Waals surface area contributed by atoms with Gasteiger partial charge in [0.1, 0.15) is 11.0 Å². The molecule has 0 fully saturated rings. The van der Waals surface area contributed by atoms with Crippen LogP contribution in [0.2, 0.25) is 0 Å². The number of benzene rings is 1. The molecule has 1 aromatic carbocycles. The summed E-state index contributed by atoms with van der Waals surface area (Å²) in [5, 5.41) is 10.8. The van der Waals surface area contributed by atoms with Gasteiger partial charge >= 0.3 is 5.97 Å². The normalized spacial score (nSPS) is 11.9. The largest absolute Gasteiger partial charge is 0.491 e. The van der Waals surface area contributed by atoms with E-state index in [1.54, 1.807) is 31.2 Å². The Morgan fingerprint density at radius 3 is 2.48 bits per heavy atom. The number of ether oxygens (including phenoxy) is 2. The quantitative estimate of drug-likeness (QED) is 0.380. The molecule has 0 aliphatic rings. The zero-order valence-corrected chi connectivity index (χ0v) is 17.4. The molecule has 9 heteroatoms. The van der Waals surface area contributed by atoms with Gasteiger partial charge in [-0.3, -0.25) is 14.9 Å². The first-order chi connectivity index (χ1) is 12.9. The first kappa shape index (κ1) is 21.2. The average Bonchev–Trinajstić information content (AvgIpc) is 3.06. The molecule has 0 radical (unpaired) electrons. The van der Waals surface area contributed by atoms with Crippen LogP contribution in [0.15, 0.2) is 28.6 Å². The van der Waals surface area contributed by atoms with Crippen molar-refractivity contribution in [2.75, 3.05) is 11.9 Å². The molecular formula is C18H23N3O4S2. The Kier molecular flexibility index (Phi) is 8.05. The lowest BCUT2D eigenvalue weighted by molar-refractivity contribution is -0.142. The number of nitrogens with one attached hydrogen (secondary N) is 1. The number of aromatic nitrogens is 2. The zero-order chi connectivity index (χ0) is 19.8. The fourth-order valence-corrected chi connectivity index (χ4v) is 4.00. The van der Waals surface area contributed by atoms with Gasteiger partial charge in [-0.05, 0) is 51.5 Å². The van der Waals surface area contributed by atoms with Crippen LogP contribution in [0.25, 0.3) is 0 Å². The third-order valence-electron chi connectivity index (χ3n) is 3.28. The zero-order valence-electron chi connectivity index (χ0n) is 15.7. The van der Waals surface area contributed by atoms with Crippen molar-refractivity contribution >= 4 is 40.1 Å². The van der Waals surface area contributed by atoms with E-state index in [-0.39, 0.29) is 23.2 Å². The van der Waals surface area contributed by atoms with Gasteiger partial charge in [0.15, 0.2) is 4.34 Å². The summed E-state index contributed by atoms with van der Waals surface area (Å²) in [6, 6.07) is 6.89. The molecule has 0 aliphatic heterocycles. The third-order valence-corrected chi connectivity index (χ3v) is 5.54. The van der Waals surface area contributed by atoms with Crippen molar-refractivity contribution < 1.29 is 19.1 Å². The molecule has 1 N–H and O–H groups in total. The van der Waals surface area contributed by atoms with E-state index in [4.69, 9.17) is 9.47 Å². The van der Waals surface area contributed by atoms with E-state index >= 15 is 0 Å². The van der Waals surface area contributed by atoms with E-state index in [0.717, 1.165) is 0 Å². The van der Waals surface area contributed by atoms with Crippen molar-refractivity contribution in [1.29, 1.82) is 0 Å². The SMILES string of the molecule is CCOC(=O)C(CC)Sc1nnc(NC(=O)c2ccc(OC(C)C)cc2)s1. The topological polar surface area (TPSA) is 90.4 Å². The summed E-state index contributed by atoms with van der Waals surface area (Å²) in [6.45, 7) is 7.90. The minimum absolute atomic E-state index is 0.0727. The van der Waals surface area contributed by atoms with Gasteiger partial charge in [-0.25, -0.2) is 0 Å². The first-order valence-corrected chi connectivity index (χ1v) is 10.4. The molecule has 2 aromatic rings. The number of thioether (sulfide) groups is 1. The second kappa shape index (κ2) is 10.3. The van der Waals surface area contributed by atoms with E-state index in [9.17, 15) is 9.59 Å². The predicted octanol–water partition coefficient (Wildman–Crippen LogP) is 4.01. The monoisotopic (exact) mass is 409 g/mol. The summed E-state index contributed by atoms with van der Waals surface area (Å²) in [5.74, 6) is 0.159. The Hall–Kier alpha value is -2.13. The number of hydrogen-bond donors (Lipinski definition) is 1. The maximum atomic E-state index is 12.3. The maximum absolute atomic E-state index is 12.3. The van der Waals surface area contributed by atoms with Crippen LogP contribution in [0.1, 0.15) is 44.5 Å². The molecule has 7 nitrogen and oxygen atoms in total. The minimum atomic E-state index is -0.338. The van der Waals surface area contributed by atoms with Crippen molar-refractivity contribution in [3.05, 3.63) is 29.8 Å². The Balaban J connectivity index is 1.96. The highest BCUT2D eigenvalue weighted by atomic mass is 32.2. The number of hydrogen-bond acceptors (Lipinski definition) is 8. The molecule has 0 saturated heterocycles. The average molecular weight is 410 g/mol. The fourth-order valence-electron chi connectivity index (χ4n) is 2.09. The van der Waals surface area contributed by atoms with Gasteiger partial charge in [0.25, 0.3) is 5.91 Å². The number of amides is 1. The first-order valence-electron chi connectivity index (χ1n) is 8.67. The summed E-state index contributed by atoms with van der Waals surface area (Å²) in [6.07, 6.45) is 0.693. The number of carbonyl (C=O) groups excluding carboxylic acids is 2. The van der Waals surface area contributed by atoms with Crippen LogP contribution >= 0.6 is 23.1 Å². The molecule has 1 atom stereocenters. The van der Waals surface area contributed by atoms with Crippen LogP contribution in [-0.4, -0.2) is 40.0 Å². The molecule has 0 spiro atoms. The smallest absolute Gasteiger partial charge is 0.319 e. The molecule has 2 rings (SSSR count). The van der Waals surface area contributed by atoms with Crippen molar-refractivity contribution in [2.45, 2.75) is 49.8 Å². The Labute approximate surface area is 166 Å². The molecule has 0 bridgehead atoms. The molecule has 0 aliphatic carbocycles. The summed E-state index contributed by atoms with van der Waals surface area (Å²) >= 11 is 2.51. The Morgan fingerprint density at radius 1 is 1.19 bits per heavy atom. The van der Waals surface area contributed by atoms with E-state index in [0.29, 0.717) is 33.8 Å². The molecular weight excluding hydrogens is 386 g/mol. The van der Waals surface area contributed by atoms with Crippen molar-refractivity contribution in [1.82, 2.24) is 10.2 Å². The molecule has 1 aromatic heterocycles. The number of nitrogens with zero attached hydrogens (tertiary/aromatic N) is 2. The van der Waals surface area contributed by atoms with E-state index in [2.05, 4.69) is 15.5 Å². The van der Waals surface area contributed by atoms with Crippen LogP contribution in [0, 0.1) is 0 Å². The highest BCUT2D eigenvalue weighted by Crippen LogP contribution is 2.31. The van der Waals surface area contributed by atoms with E-state index < -0.39 is 0 Å². The van der Waals surface area contributed by atoms with E-state index in [1.807, 2.05) is 20.8 Å². The second-order valence-electron chi connectivity index (χ2n) is 5.79. The standard InChI is InChI=1S/C18H23N3O4S2/c1-5-14(16(23)24-6-2)26-18-21-20-17(27-18)19-15(22)12-7-9-13(10-8-12)25-11(3)4/h7-11,14H,5-6H2,1-4H3,(H,19,20,22). The number of rotatable bonds is 9. The van der Waals surface area contributed by atoms with Crippen LogP contribution < -0.4 is 10.1 Å². The van der Waals surface area contributed by atoms with Gasteiger partial charge in [-0.2, -0.15) is 0 Å². The third kappa shape index (κ3) is 6.51. The van der Waals surface area contributed by atoms with Gasteiger partial charge in [-0.1, -0.05) is 30.0 Å². The van der Waals surface area contributed by atoms with E-state index in [1.165, 1.54) is 23.1 Å². The Morgan fingerprint density at radius 2 is 1.89 bits per heavy atom. The van der Waals surface area contributed by atoms with Gasteiger partial charge in [0.2, 0.25) is 5.13 Å². The van der Waals surface area contributed by atoms with Crippen LogP contribution in [-0.2, 0) is 9.53 Å². The Bertz CT molecular complexity index is 762. The molecule has 146 valence electrons. The maximum Gasteiger partial charge on any atom is 0.319 e. The highest BCUT2D eigenvalue weighted by molar-refractivity contribution is 8.02. The molecule has 0 saturated carbocycles. The van der Waals surface area contributed by atoms with Gasteiger partial charge in [0, 0.05) is 5.56 Å². The lowest BCUT2D eigenvalue weighted by atomic mass is 10.2. The van der Waals surface area contributed by atoms with Gasteiger partial charge in [-0.15, -0.1) is 10.2 Å². The summed E-state index contributed by atoms with van der Waals surface area (Å²) in [5.41, 5.74) is 0.494. The van der Waals surface area contributed by atoms with Gasteiger partial charge < -0.3 is 9.47 Å². The van der Waals surface area contributed by atoms with Crippen molar-refractivity contribution in [3.8, 4) is 5.75 Å². The molecule has 1 amide bonds. The summed E-state index contributed by atoms with van der Waals surface area (Å²) in [4.78, 5) is 24.2. The van der Waals surface area contributed by atoms with Crippen molar-refractivity contribution in [2.24, 2.45) is 0 Å².